The van der Waals surface area contributed by atoms with Gasteiger partial charge in [-0.2, -0.15) is 0 Å². The highest BCUT2D eigenvalue weighted by molar-refractivity contribution is 7.07. The van der Waals surface area contributed by atoms with Crippen LogP contribution in [0.25, 0.3) is 0 Å². The standard InChI is InChI=1S/C9H11N3O4S/c1-15-9(14)6-5-12(2-3-16-6)8(13)7-4-10-11-17-7/h4,6H,2-3,5H2,1H3. The Morgan fingerprint density at radius 1 is 1.65 bits per heavy atom. The summed E-state index contributed by atoms with van der Waals surface area (Å²) in [6, 6.07) is 0. The summed E-state index contributed by atoms with van der Waals surface area (Å²) in [4.78, 5) is 25.3. The van der Waals surface area contributed by atoms with Crippen LogP contribution < -0.4 is 0 Å². The number of amides is 1. The fourth-order valence-corrected chi connectivity index (χ4v) is 2.01. The minimum atomic E-state index is -0.710. The number of rotatable bonds is 2. The third-order valence-electron chi connectivity index (χ3n) is 2.39. The van der Waals surface area contributed by atoms with Crippen molar-refractivity contribution in [3.63, 3.8) is 0 Å². The van der Waals surface area contributed by atoms with E-state index in [-0.39, 0.29) is 12.5 Å². The van der Waals surface area contributed by atoms with Gasteiger partial charge in [0.2, 0.25) is 0 Å². The molecule has 1 amide bonds. The first-order valence-corrected chi connectivity index (χ1v) is 5.75. The van der Waals surface area contributed by atoms with Gasteiger partial charge < -0.3 is 14.4 Å². The number of ether oxygens (including phenoxy) is 2. The van der Waals surface area contributed by atoms with Crippen LogP contribution in [-0.2, 0) is 14.3 Å². The van der Waals surface area contributed by atoms with E-state index < -0.39 is 12.1 Å². The van der Waals surface area contributed by atoms with E-state index >= 15 is 0 Å². The summed E-state index contributed by atoms with van der Waals surface area (Å²) in [7, 11) is 1.29. The van der Waals surface area contributed by atoms with Crippen molar-refractivity contribution >= 4 is 23.4 Å². The highest BCUT2D eigenvalue weighted by atomic mass is 32.1. The second-order valence-corrected chi connectivity index (χ2v) is 4.20. The lowest BCUT2D eigenvalue weighted by Gasteiger charge is -2.30. The third-order valence-corrected chi connectivity index (χ3v) is 3.04. The molecule has 1 aliphatic heterocycles. The Balaban J connectivity index is 2.02. The zero-order valence-corrected chi connectivity index (χ0v) is 9.98. The molecule has 1 aliphatic rings. The summed E-state index contributed by atoms with van der Waals surface area (Å²) >= 11 is 1.03. The quantitative estimate of drug-likeness (QED) is 0.668. The van der Waals surface area contributed by atoms with Crippen LogP contribution in [-0.4, -0.2) is 59.3 Å². The Hall–Kier alpha value is -1.54. The van der Waals surface area contributed by atoms with Crippen molar-refractivity contribution in [3.8, 4) is 0 Å². The molecule has 2 rings (SSSR count). The number of methoxy groups -OCH3 is 1. The molecule has 1 fully saturated rings. The number of morpholine rings is 1. The van der Waals surface area contributed by atoms with Crippen LogP contribution in [0.2, 0.25) is 0 Å². The summed E-state index contributed by atoms with van der Waals surface area (Å²) < 4.78 is 13.4. The molecule has 1 unspecified atom stereocenters. The summed E-state index contributed by atoms with van der Waals surface area (Å²) in [5, 5.41) is 3.61. The van der Waals surface area contributed by atoms with Gasteiger partial charge in [-0.05, 0) is 11.5 Å². The van der Waals surface area contributed by atoms with E-state index in [1.807, 2.05) is 0 Å². The molecule has 0 aromatic carbocycles. The lowest BCUT2D eigenvalue weighted by atomic mass is 10.2. The minimum absolute atomic E-state index is 0.183. The van der Waals surface area contributed by atoms with Crippen LogP contribution in [0.4, 0.5) is 0 Å². The Bertz CT molecular complexity index is 408. The van der Waals surface area contributed by atoms with Crippen molar-refractivity contribution in [1.82, 2.24) is 14.5 Å². The van der Waals surface area contributed by atoms with Gasteiger partial charge in [-0.3, -0.25) is 4.79 Å². The highest BCUT2D eigenvalue weighted by Crippen LogP contribution is 2.12. The first kappa shape index (κ1) is 11.9. The fourth-order valence-electron chi connectivity index (χ4n) is 1.53. The van der Waals surface area contributed by atoms with E-state index in [1.165, 1.54) is 13.3 Å². The maximum Gasteiger partial charge on any atom is 0.336 e. The molecular weight excluding hydrogens is 246 g/mol. The lowest BCUT2D eigenvalue weighted by Crippen LogP contribution is -2.48. The number of aromatic nitrogens is 2. The molecule has 0 radical (unpaired) electrons. The second-order valence-electron chi connectivity index (χ2n) is 3.42. The van der Waals surface area contributed by atoms with E-state index in [0.717, 1.165) is 11.5 Å². The molecule has 8 heteroatoms. The molecule has 2 heterocycles. The largest absolute Gasteiger partial charge is 0.467 e. The molecule has 17 heavy (non-hydrogen) atoms. The van der Waals surface area contributed by atoms with E-state index in [2.05, 4.69) is 14.3 Å². The maximum absolute atomic E-state index is 12.0. The predicted molar refractivity (Wildman–Crippen MR) is 57.6 cm³/mol. The van der Waals surface area contributed by atoms with Gasteiger partial charge in [0.1, 0.15) is 4.88 Å². The van der Waals surface area contributed by atoms with Gasteiger partial charge in [0.15, 0.2) is 6.10 Å². The van der Waals surface area contributed by atoms with Gasteiger partial charge in [0.05, 0.1) is 26.5 Å². The topological polar surface area (TPSA) is 81.6 Å². The average molecular weight is 257 g/mol. The summed E-state index contributed by atoms with van der Waals surface area (Å²) in [5.74, 6) is -0.651. The summed E-state index contributed by atoms with van der Waals surface area (Å²) in [6.07, 6.45) is 0.703. The van der Waals surface area contributed by atoms with Gasteiger partial charge in [0.25, 0.3) is 5.91 Å². The molecule has 1 aromatic rings. The first-order valence-electron chi connectivity index (χ1n) is 4.98. The number of carbonyl (C=O) groups excluding carboxylic acids is 2. The molecule has 92 valence electrons. The summed E-state index contributed by atoms with van der Waals surface area (Å²) in [5.41, 5.74) is 0. The number of esters is 1. The van der Waals surface area contributed by atoms with Gasteiger partial charge in [0, 0.05) is 6.54 Å². The maximum atomic E-state index is 12.0. The van der Waals surface area contributed by atoms with Gasteiger partial charge in [-0.1, -0.05) is 4.49 Å². The molecule has 1 aromatic heterocycles. The van der Waals surface area contributed by atoms with Crippen molar-refractivity contribution in [2.75, 3.05) is 26.8 Å². The highest BCUT2D eigenvalue weighted by Gasteiger charge is 2.30. The van der Waals surface area contributed by atoms with E-state index in [1.54, 1.807) is 4.90 Å². The van der Waals surface area contributed by atoms with Crippen LogP contribution in [0, 0.1) is 0 Å². The van der Waals surface area contributed by atoms with Gasteiger partial charge >= 0.3 is 5.97 Å². The monoisotopic (exact) mass is 257 g/mol. The Kier molecular flexibility index (Phi) is 3.64. The number of hydrogen-bond acceptors (Lipinski definition) is 7. The predicted octanol–water partition coefficient (Wildman–Crippen LogP) is -0.448. The van der Waals surface area contributed by atoms with Gasteiger partial charge in [-0.15, -0.1) is 5.10 Å². The number of nitrogens with zero attached hydrogens (tertiary/aromatic N) is 3. The van der Waals surface area contributed by atoms with Crippen LogP contribution in [0.1, 0.15) is 9.67 Å². The average Bonchev–Trinajstić information content (AvgIpc) is 2.91. The molecule has 0 N–H and O–H groups in total. The number of hydrogen-bond donors (Lipinski definition) is 0. The van der Waals surface area contributed by atoms with Crippen molar-refractivity contribution in [2.45, 2.75) is 6.10 Å². The van der Waals surface area contributed by atoms with Crippen LogP contribution in [0.15, 0.2) is 6.20 Å². The molecular formula is C9H11N3O4S. The molecule has 7 nitrogen and oxygen atoms in total. The fraction of sp³-hybridized carbons (Fsp3) is 0.556. The molecule has 0 aliphatic carbocycles. The molecule has 1 atom stereocenters. The third kappa shape index (κ3) is 2.59. The van der Waals surface area contributed by atoms with Crippen LogP contribution in [0.3, 0.4) is 0 Å². The molecule has 0 spiro atoms. The molecule has 0 bridgehead atoms. The zero-order valence-electron chi connectivity index (χ0n) is 9.16. The van der Waals surface area contributed by atoms with Gasteiger partial charge in [-0.25, -0.2) is 4.79 Å². The molecule has 0 saturated carbocycles. The van der Waals surface area contributed by atoms with Crippen LogP contribution in [0.5, 0.6) is 0 Å². The normalized spacial score (nSPS) is 20.1. The van der Waals surface area contributed by atoms with Crippen molar-refractivity contribution in [1.29, 1.82) is 0 Å². The van der Waals surface area contributed by atoms with E-state index in [0.29, 0.717) is 18.0 Å². The Labute approximate surface area is 101 Å². The smallest absolute Gasteiger partial charge is 0.336 e. The van der Waals surface area contributed by atoms with Crippen molar-refractivity contribution < 1.29 is 19.1 Å². The number of carbonyl (C=O) groups is 2. The SMILES string of the molecule is COC(=O)C1CN(C(=O)c2cnns2)CCO1. The van der Waals surface area contributed by atoms with Crippen LogP contribution >= 0.6 is 11.5 Å². The van der Waals surface area contributed by atoms with E-state index in [9.17, 15) is 9.59 Å². The first-order chi connectivity index (χ1) is 8.22. The minimum Gasteiger partial charge on any atom is -0.467 e. The Morgan fingerprint density at radius 3 is 3.12 bits per heavy atom. The molecule has 1 saturated heterocycles. The van der Waals surface area contributed by atoms with Crippen molar-refractivity contribution in [3.05, 3.63) is 11.1 Å². The van der Waals surface area contributed by atoms with Crippen molar-refractivity contribution in [2.24, 2.45) is 0 Å². The lowest BCUT2D eigenvalue weighted by molar-refractivity contribution is -0.158. The zero-order chi connectivity index (χ0) is 12.3. The summed E-state index contributed by atoms with van der Waals surface area (Å²) in [6.45, 7) is 0.964. The Morgan fingerprint density at radius 2 is 2.47 bits per heavy atom. The van der Waals surface area contributed by atoms with E-state index in [4.69, 9.17) is 4.74 Å². The second kappa shape index (κ2) is 5.19.